The fourth-order valence-electron chi connectivity index (χ4n) is 9.51. The maximum atomic E-state index is 14.3. The van der Waals surface area contributed by atoms with Gasteiger partial charge in [-0.1, -0.05) is 277 Å². The van der Waals surface area contributed by atoms with Crippen LogP contribution in [0.25, 0.3) is 4.72 Å². The van der Waals surface area contributed by atoms with E-state index in [1.165, 1.54) is 5.56 Å². The maximum Gasteiger partial charge on any atom is -0.0623 e. The van der Waals surface area contributed by atoms with Gasteiger partial charge in [0, 0.05) is 6.04 Å². The smallest absolute Gasteiger partial charge is 0.0623 e. The molecule has 0 aliphatic heterocycles. The van der Waals surface area contributed by atoms with E-state index in [4.69, 9.17) is 0 Å². The molecule has 8 nitrogen and oxygen atoms in total. The Morgan fingerprint density at radius 3 is 0.924 bits per heavy atom. The molecule has 4 atom stereocenters. The summed E-state index contributed by atoms with van der Waals surface area (Å²) in [6, 6.07) is 58.1. The van der Waals surface area contributed by atoms with Crippen molar-refractivity contribution in [3.05, 3.63) is 250 Å². The molecule has 0 amide bonds. The van der Waals surface area contributed by atoms with Crippen LogP contribution in [0.4, 0.5) is 0 Å². The summed E-state index contributed by atoms with van der Waals surface area (Å²) in [7, 11) is 0.462. The first kappa shape index (κ1) is 68.5. The zero-order valence-electron chi connectivity index (χ0n) is 49.2. The number of hydrogen-bond donors (Lipinski definition) is 3. The minimum atomic E-state index is -3.98. The predicted octanol–water partition coefficient (Wildman–Crippen LogP) is 17.7. The molecule has 7 rings (SSSR count). The van der Waals surface area contributed by atoms with E-state index in [0.717, 1.165) is 50.1 Å². The van der Waals surface area contributed by atoms with Crippen molar-refractivity contribution in [2.24, 2.45) is 0 Å². The quantitative estimate of drug-likeness (QED) is 0.0517. The Hall–Kier alpha value is -4.81. The molecule has 0 heterocycles. The number of sulfonamides is 2. The molecule has 0 fully saturated rings. The van der Waals surface area contributed by atoms with E-state index < -0.39 is 32.1 Å². The molecule has 3 N–H and O–H groups in total. The Morgan fingerprint density at radius 2 is 0.633 bits per heavy atom. The van der Waals surface area contributed by atoms with Crippen LogP contribution >= 0.6 is 9.69 Å². The summed E-state index contributed by atoms with van der Waals surface area (Å²) in [5, 5.41) is 6.69. The molecular formula is C67H88ClN4O4RuS2+. The van der Waals surface area contributed by atoms with Gasteiger partial charge in [0.25, 0.3) is 0 Å². The zero-order chi connectivity index (χ0) is 57.7. The van der Waals surface area contributed by atoms with Crippen LogP contribution in [0.1, 0.15) is 198 Å². The first-order valence-corrected chi connectivity index (χ1v) is 32.3. The standard InChI is InChI=1S/C30H40N2O2S.C30H39N2O2S.C6H6.CH3.ClH.Ru/c2*1-20(2)25-18-26(21(3)4)30(27(19-25)22(5)6)35(33,34)32-29(24-16-12-9-13-17-24)28(31-7)23-14-10-8-11-15-23;1-2-4-6-5-3-1;;;/h8-22,28-29,31-32H,1-7H3;8-22,28-29,31H,1-7H3;1-6H;1H3;1H;/q;-1;;-1;;+4/p-1/t2*28-,29-;;;;/m00..../s1. The Labute approximate surface area is 492 Å². The van der Waals surface area contributed by atoms with Gasteiger partial charge in [-0.3, -0.25) is 0 Å². The largest absolute Gasteiger partial charge is 0.0623 e. The second-order valence-corrected chi connectivity index (χ2v) is 24.7. The summed E-state index contributed by atoms with van der Waals surface area (Å²) in [5.74, 6) is 0.872. The monoisotopic (exact) mass is 1210 g/mol. The number of nitrogens with one attached hydrogen (secondary N) is 3. The van der Waals surface area contributed by atoms with Gasteiger partial charge in [-0.25, -0.2) is 21.6 Å². The Bertz CT molecular complexity index is 2790. The van der Waals surface area contributed by atoms with Gasteiger partial charge in [0.1, 0.15) is 10.0 Å². The summed E-state index contributed by atoms with van der Waals surface area (Å²) in [6.07, 6.45) is 0. The SMILES string of the molecule is CN[C@@H](c1ccccc1)[C@@H](NS(=O)(=O)c1c(C(C)C)cc(C(C)C)cc1C(C)C)c1ccccc1.CN[C@@H](c1ccccc1)[C@@H]([N-]S(=O)(=O)c1c(C(C)C)cc(C(C)C)cc1C(C)C)c1ccccc1.[CH3-].[Cl][Ru+3].c1ccccc1. The molecule has 7 aromatic carbocycles. The molecule has 7 aromatic rings. The van der Waals surface area contributed by atoms with Crippen molar-refractivity contribution in [1.82, 2.24) is 15.4 Å². The van der Waals surface area contributed by atoms with Crippen molar-refractivity contribution in [1.29, 1.82) is 0 Å². The van der Waals surface area contributed by atoms with Crippen LogP contribution in [0.2, 0.25) is 0 Å². The molecule has 0 bridgehead atoms. The molecule has 79 heavy (non-hydrogen) atoms. The fraction of sp³-hybridized carbons (Fsp3) is 0.358. The molecule has 0 aliphatic rings. The molecule has 0 radical (unpaired) electrons. The summed E-state index contributed by atoms with van der Waals surface area (Å²) < 4.78 is 64.7. The Kier molecular flexibility index (Phi) is 28.8. The average Bonchev–Trinajstić information content (AvgIpc) is 3.46. The van der Waals surface area contributed by atoms with Crippen LogP contribution in [0, 0.1) is 7.43 Å². The van der Waals surface area contributed by atoms with Crippen LogP contribution in [0.5, 0.6) is 0 Å². The van der Waals surface area contributed by atoms with E-state index >= 15 is 0 Å². The minimum absolute atomic E-state index is 0. The number of rotatable bonds is 20. The zero-order valence-corrected chi connectivity index (χ0v) is 53.3. The Balaban J connectivity index is 0.000000360. The van der Waals surface area contributed by atoms with Crippen molar-refractivity contribution in [2.45, 2.75) is 153 Å². The van der Waals surface area contributed by atoms with Crippen LogP contribution in [0.15, 0.2) is 192 Å². The molecule has 0 spiro atoms. The third-order valence-electron chi connectivity index (χ3n) is 13.8. The van der Waals surface area contributed by atoms with Gasteiger partial charge in [0.15, 0.2) is 0 Å². The second-order valence-electron chi connectivity index (χ2n) is 21.4. The molecule has 0 aliphatic carbocycles. The van der Waals surface area contributed by atoms with Gasteiger partial charge < -0.3 is 22.8 Å². The molecule has 0 saturated heterocycles. The number of halogens is 1. The van der Waals surface area contributed by atoms with Gasteiger partial charge in [-0.05, 0) is 99.7 Å². The molecule has 426 valence electrons. The minimum Gasteiger partial charge on any atom is -0.0623 e. The van der Waals surface area contributed by atoms with Crippen molar-refractivity contribution >= 4 is 29.7 Å². The molecular weight excluding hydrogens is 1130 g/mol. The normalized spacial score (nSPS) is 13.1. The van der Waals surface area contributed by atoms with E-state index in [-0.39, 0.29) is 43.2 Å². The van der Waals surface area contributed by atoms with Gasteiger partial charge in [0.2, 0.25) is 10.0 Å². The van der Waals surface area contributed by atoms with E-state index in [1.807, 2.05) is 189 Å². The topological polar surface area (TPSA) is 118 Å². The summed E-state index contributed by atoms with van der Waals surface area (Å²) in [6.45, 7) is 25.1. The van der Waals surface area contributed by atoms with Gasteiger partial charge in [-0.15, -0.1) is 0 Å². The van der Waals surface area contributed by atoms with E-state index in [9.17, 15) is 16.8 Å². The number of hydrogen-bond acceptors (Lipinski definition) is 6. The van der Waals surface area contributed by atoms with Gasteiger partial charge in [-0.2, -0.15) is 0 Å². The van der Waals surface area contributed by atoms with E-state index in [2.05, 4.69) is 137 Å². The van der Waals surface area contributed by atoms with Crippen LogP contribution in [-0.2, 0) is 37.4 Å². The van der Waals surface area contributed by atoms with E-state index in [0.29, 0.717) is 21.6 Å². The van der Waals surface area contributed by atoms with Crippen LogP contribution < -0.4 is 15.4 Å². The van der Waals surface area contributed by atoms with Crippen molar-refractivity contribution in [3.8, 4) is 0 Å². The first-order valence-electron chi connectivity index (χ1n) is 27.2. The molecule has 0 saturated carbocycles. The number of likely N-dealkylation sites (N-methyl/N-ethyl adjacent to an activating group) is 2. The van der Waals surface area contributed by atoms with Crippen LogP contribution in [0.3, 0.4) is 0 Å². The predicted molar refractivity (Wildman–Crippen MR) is 332 cm³/mol. The van der Waals surface area contributed by atoms with Crippen molar-refractivity contribution in [3.63, 3.8) is 0 Å². The average molecular weight is 1210 g/mol. The number of nitrogens with zero attached hydrogens (tertiary/aromatic N) is 1. The number of benzene rings is 7. The summed E-state index contributed by atoms with van der Waals surface area (Å²) in [5.41, 5.74) is 9.56. The van der Waals surface area contributed by atoms with Gasteiger partial charge in [0.05, 0.1) is 21.9 Å². The Morgan fingerprint density at radius 1 is 0.367 bits per heavy atom. The summed E-state index contributed by atoms with van der Waals surface area (Å²) in [4.78, 5) is 0.798. The first-order chi connectivity index (χ1) is 37.1. The molecule has 0 unspecified atom stereocenters. The third kappa shape index (κ3) is 19.1. The second kappa shape index (κ2) is 33.2. The van der Waals surface area contributed by atoms with Gasteiger partial charge >= 0.3 is 27.0 Å². The van der Waals surface area contributed by atoms with Crippen molar-refractivity contribution in [2.75, 3.05) is 14.1 Å². The summed E-state index contributed by atoms with van der Waals surface area (Å²) >= 11 is 1.82. The molecule has 0 aromatic heterocycles. The maximum absolute atomic E-state index is 14.3. The third-order valence-corrected chi connectivity index (χ3v) is 16.8. The van der Waals surface area contributed by atoms with Crippen molar-refractivity contribution < 1.29 is 34.1 Å². The molecule has 12 heteroatoms. The van der Waals surface area contributed by atoms with E-state index in [1.54, 1.807) is 0 Å². The van der Waals surface area contributed by atoms with Crippen LogP contribution in [-0.4, -0.2) is 30.9 Å². The fourth-order valence-corrected chi connectivity index (χ4v) is 13.3.